The molecule has 2 rings (SSSR count). The number of nitrogens with zero attached hydrogens (tertiary/aromatic N) is 3. The smallest absolute Gasteiger partial charge is 0.147 e. The van der Waals surface area contributed by atoms with Crippen molar-refractivity contribution in [3.8, 4) is 0 Å². The van der Waals surface area contributed by atoms with Gasteiger partial charge < -0.3 is 9.88 Å². The molecule has 0 amide bonds. The Morgan fingerprint density at radius 2 is 2.42 bits per heavy atom. The van der Waals surface area contributed by atoms with Crippen LogP contribution in [0.15, 0.2) is 0 Å². The number of rotatable bonds is 1. The van der Waals surface area contributed by atoms with E-state index in [1.54, 1.807) is 0 Å². The molecule has 0 saturated carbocycles. The van der Waals surface area contributed by atoms with Crippen LogP contribution in [0, 0.1) is 0 Å². The second kappa shape index (κ2) is 2.86. The molecule has 1 aliphatic rings. The van der Waals surface area contributed by atoms with Crippen LogP contribution in [0.3, 0.4) is 0 Å². The minimum Gasteiger partial charge on any atom is -0.310 e. The first kappa shape index (κ1) is 7.73. The van der Waals surface area contributed by atoms with Gasteiger partial charge in [-0.1, -0.05) is 6.92 Å². The van der Waals surface area contributed by atoms with Crippen LogP contribution in [0.2, 0.25) is 0 Å². The van der Waals surface area contributed by atoms with Gasteiger partial charge in [-0.25, -0.2) is 0 Å². The highest BCUT2D eigenvalue weighted by atomic mass is 15.3. The highest BCUT2D eigenvalue weighted by Crippen LogP contribution is 2.15. The molecular formula is C8H14N4. The summed E-state index contributed by atoms with van der Waals surface area (Å²) in [4.78, 5) is 0. The average molecular weight is 166 g/mol. The molecule has 12 heavy (non-hydrogen) atoms. The van der Waals surface area contributed by atoms with E-state index in [0.29, 0.717) is 6.04 Å². The maximum atomic E-state index is 4.14. The van der Waals surface area contributed by atoms with Crippen LogP contribution < -0.4 is 5.32 Å². The van der Waals surface area contributed by atoms with Crippen LogP contribution in [-0.4, -0.2) is 21.3 Å². The van der Waals surface area contributed by atoms with Gasteiger partial charge in [0.05, 0.1) is 6.54 Å². The zero-order chi connectivity index (χ0) is 8.55. The van der Waals surface area contributed by atoms with E-state index in [0.717, 1.165) is 31.2 Å². The summed E-state index contributed by atoms with van der Waals surface area (Å²) in [6.45, 7) is 6.19. The Morgan fingerprint density at radius 1 is 1.58 bits per heavy atom. The molecule has 1 aliphatic heterocycles. The lowest BCUT2D eigenvalue weighted by Crippen LogP contribution is -2.32. The Hall–Kier alpha value is -0.900. The van der Waals surface area contributed by atoms with Crippen molar-refractivity contribution >= 4 is 0 Å². The molecule has 1 aromatic heterocycles. The molecule has 0 unspecified atom stereocenters. The number of aromatic nitrogens is 3. The van der Waals surface area contributed by atoms with Gasteiger partial charge in [0.2, 0.25) is 0 Å². The van der Waals surface area contributed by atoms with Gasteiger partial charge in [0.1, 0.15) is 11.6 Å². The summed E-state index contributed by atoms with van der Waals surface area (Å²) in [5.74, 6) is 2.18. The Kier molecular flexibility index (Phi) is 1.84. The van der Waals surface area contributed by atoms with Crippen LogP contribution in [0.4, 0.5) is 0 Å². The molecule has 4 heteroatoms. The molecule has 0 aliphatic carbocycles. The molecule has 1 aromatic rings. The van der Waals surface area contributed by atoms with Crippen molar-refractivity contribution in [2.24, 2.45) is 0 Å². The maximum absolute atomic E-state index is 4.14. The molecule has 0 spiro atoms. The summed E-state index contributed by atoms with van der Waals surface area (Å²) >= 11 is 0. The number of nitrogens with one attached hydrogen (secondary N) is 1. The van der Waals surface area contributed by atoms with E-state index in [9.17, 15) is 0 Å². The van der Waals surface area contributed by atoms with Gasteiger partial charge in [0.25, 0.3) is 0 Å². The van der Waals surface area contributed by atoms with E-state index in [2.05, 4.69) is 33.9 Å². The first-order valence-electron chi connectivity index (χ1n) is 4.46. The van der Waals surface area contributed by atoms with Crippen molar-refractivity contribution < 1.29 is 0 Å². The van der Waals surface area contributed by atoms with E-state index >= 15 is 0 Å². The Labute approximate surface area is 72.0 Å². The summed E-state index contributed by atoms with van der Waals surface area (Å²) < 4.78 is 2.25. The molecule has 1 N–H and O–H groups in total. The molecule has 2 heterocycles. The standard InChI is InChI=1S/C8H14N4/c1-3-7-10-11-8-5-9-4-6(2)12(7)8/h6,9H,3-5H2,1-2H3/t6-/m0/s1. The molecule has 4 nitrogen and oxygen atoms in total. The summed E-state index contributed by atoms with van der Waals surface area (Å²) in [5, 5.41) is 11.6. The quantitative estimate of drug-likeness (QED) is 0.660. The van der Waals surface area contributed by atoms with E-state index in [1.165, 1.54) is 0 Å². The molecular weight excluding hydrogens is 152 g/mol. The van der Waals surface area contributed by atoms with Crippen LogP contribution in [0.25, 0.3) is 0 Å². The number of aryl methyl sites for hydroxylation is 1. The Morgan fingerprint density at radius 3 is 3.17 bits per heavy atom. The lowest BCUT2D eigenvalue weighted by Gasteiger charge is -2.23. The lowest BCUT2D eigenvalue weighted by atomic mass is 10.2. The molecule has 0 saturated heterocycles. The predicted molar refractivity (Wildman–Crippen MR) is 45.8 cm³/mol. The number of hydrogen-bond donors (Lipinski definition) is 1. The van der Waals surface area contributed by atoms with Crippen molar-refractivity contribution in [3.05, 3.63) is 11.6 Å². The molecule has 0 aromatic carbocycles. The Balaban J connectivity index is 2.43. The highest BCUT2D eigenvalue weighted by molar-refractivity contribution is 5.01. The topological polar surface area (TPSA) is 42.7 Å². The van der Waals surface area contributed by atoms with Gasteiger partial charge in [-0.15, -0.1) is 10.2 Å². The monoisotopic (exact) mass is 166 g/mol. The summed E-state index contributed by atoms with van der Waals surface area (Å²) in [7, 11) is 0. The minimum atomic E-state index is 0.499. The van der Waals surface area contributed by atoms with Gasteiger partial charge in [0, 0.05) is 19.0 Å². The second-order valence-electron chi connectivity index (χ2n) is 3.24. The van der Waals surface area contributed by atoms with Gasteiger partial charge in [-0.3, -0.25) is 0 Å². The first-order valence-corrected chi connectivity index (χ1v) is 4.46. The molecule has 0 fully saturated rings. The molecule has 1 atom stereocenters. The lowest BCUT2D eigenvalue weighted by molar-refractivity contribution is 0.412. The SMILES string of the molecule is CCc1nnc2n1[C@@H](C)CNC2. The third-order valence-corrected chi connectivity index (χ3v) is 2.32. The maximum Gasteiger partial charge on any atom is 0.147 e. The number of fused-ring (bicyclic) bond motifs is 1. The zero-order valence-electron chi connectivity index (χ0n) is 7.54. The first-order chi connectivity index (χ1) is 5.83. The summed E-state index contributed by atoms with van der Waals surface area (Å²) in [5.41, 5.74) is 0. The third-order valence-electron chi connectivity index (χ3n) is 2.32. The van der Waals surface area contributed by atoms with Crippen molar-refractivity contribution in [2.45, 2.75) is 32.9 Å². The van der Waals surface area contributed by atoms with Crippen LogP contribution in [0.1, 0.15) is 31.5 Å². The molecule has 0 radical (unpaired) electrons. The predicted octanol–water partition coefficient (Wildman–Crippen LogP) is 0.505. The van der Waals surface area contributed by atoms with Gasteiger partial charge in [-0.05, 0) is 6.92 Å². The molecule has 66 valence electrons. The van der Waals surface area contributed by atoms with Crippen LogP contribution >= 0.6 is 0 Å². The van der Waals surface area contributed by atoms with Crippen LogP contribution in [0.5, 0.6) is 0 Å². The zero-order valence-corrected chi connectivity index (χ0v) is 7.54. The van der Waals surface area contributed by atoms with Crippen molar-refractivity contribution in [1.29, 1.82) is 0 Å². The van der Waals surface area contributed by atoms with E-state index in [1.807, 2.05) is 0 Å². The van der Waals surface area contributed by atoms with Crippen molar-refractivity contribution in [1.82, 2.24) is 20.1 Å². The van der Waals surface area contributed by atoms with Gasteiger partial charge in [-0.2, -0.15) is 0 Å². The van der Waals surface area contributed by atoms with Gasteiger partial charge in [0.15, 0.2) is 0 Å². The van der Waals surface area contributed by atoms with E-state index < -0.39 is 0 Å². The summed E-state index contributed by atoms with van der Waals surface area (Å²) in [6, 6.07) is 0.499. The largest absolute Gasteiger partial charge is 0.310 e. The molecule has 0 bridgehead atoms. The van der Waals surface area contributed by atoms with Crippen LogP contribution in [-0.2, 0) is 13.0 Å². The highest BCUT2D eigenvalue weighted by Gasteiger charge is 2.19. The summed E-state index contributed by atoms with van der Waals surface area (Å²) in [6.07, 6.45) is 0.970. The number of hydrogen-bond acceptors (Lipinski definition) is 3. The van der Waals surface area contributed by atoms with Crippen molar-refractivity contribution in [3.63, 3.8) is 0 Å². The van der Waals surface area contributed by atoms with Crippen molar-refractivity contribution in [2.75, 3.05) is 6.54 Å². The normalized spacial score (nSPS) is 22.3. The second-order valence-corrected chi connectivity index (χ2v) is 3.24. The fourth-order valence-electron chi connectivity index (χ4n) is 1.72. The van der Waals surface area contributed by atoms with E-state index in [-0.39, 0.29) is 0 Å². The third kappa shape index (κ3) is 1.03. The Bertz CT molecular complexity index is 265. The van der Waals surface area contributed by atoms with Gasteiger partial charge >= 0.3 is 0 Å². The fraction of sp³-hybridized carbons (Fsp3) is 0.750. The fourth-order valence-corrected chi connectivity index (χ4v) is 1.72. The minimum absolute atomic E-state index is 0.499. The van der Waals surface area contributed by atoms with E-state index in [4.69, 9.17) is 0 Å². The average Bonchev–Trinajstić information content (AvgIpc) is 2.49.